The summed E-state index contributed by atoms with van der Waals surface area (Å²) in [6, 6.07) is -1.25. The van der Waals surface area contributed by atoms with Gasteiger partial charge in [-0.05, 0) is 107 Å². The quantitative estimate of drug-likeness (QED) is 0.0721. The lowest BCUT2D eigenvalue weighted by Crippen LogP contribution is -2.61. The Hall–Kier alpha value is -3.77. The number of ketones is 3. The Morgan fingerprint density at radius 1 is 0.747 bits per heavy atom. The normalized spacial score (nSPS) is 43.8. The minimum absolute atomic E-state index is 0.00562. The lowest BCUT2D eigenvalue weighted by atomic mass is 9.78. The first-order valence-corrected chi connectivity index (χ1v) is 30.9. The zero-order valence-electron chi connectivity index (χ0n) is 52.2. The average molecular weight is 1240 g/mol. The van der Waals surface area contributed by atoms with Crippen molar-refractivity contribution in [1.82, 2.24) is 4.90 Å². The van der Waals surface area contributed by atoms with Gasteiger partial charge in [-0.25, -0.2) is 4.79 Å². The molecule has 5 fully saturated rings. The molecule has 5 heterocycles. The van der Waals surface area contributed by atoms with Gasteiger partial charge in [-0.15, -0.1) is 0 Å². The van der Waals surface area contributed by atoms with Gasteiger partial charge in [0.1, 0.15) is 79.5 Å². The molecule has 9 N–H and O–H groups in total. The van der Waals surface area contributed by atoms with Crippen molar-refractivity contribution in [3.05, 3.63) is 47.6 Å². The van der Waals surface area contributed by atoms with Gasteiger partial charge in [0.15, 0.2) is 12.1 Å². The molecular formula is C63H99NO23. The van der Waals surface area contributed by atoms with Gasteiger partial charge >= 0.3 is 5.97 Å². The summed E-state index contributed by atoms with van der Waals surface area (Å²) in [7, 11) is 4.36. The number of hydrogen-bond donors (Lipinski definition) is 9. The first kappa shape index (κ1) is 72.3. The molecule has 1 saturated carbocycles. The van der Waals surface area contributed by atoms with Gasteiger partial charge < -0.3 is 93.5 Å². The highest BCUT2D eigenvalue weighted by Crippen LogP contribution is 2.39. The number of aliphatic hydroxyl groups is 9. The van der Waals surface area contributed by atoms with Gasteiger partial charge in [0.2, 0.25) is 11.6 Å². The number of aliphatic hydroxyl groups excluding tert-OH is 7. The molecule has 0 spiro atoms. The first-order chi connectivity index (χ1) is 41.1. The molecule has 494 valence electrons. The van der Waals surface area contributed by atoms with Crippen LogP contribution in [0, 0.1) is 35.5 Å². The van der Waals surface area contributed by atoms with Crippen LogP contribution in [0.3, 0.4) is 0 Å². The number of ether oxygens (including phenoxy) is 9. The van der Waals surface area contributed by atoms with Crippen LogP contribution in [0.4, 0.5) is 0 Å². The molecule has 0 aromatic heterocycles. The summed E-state index contributed by atoms with van der Waals surface area (Å²) in [4.78, 5) is 74.2. The summed E-state index contributed by atoms with van der Waals surface area (Å²) in [5.74, 6) is -12.2. The molecule has 1 aliphatic carbocycles. The molecule has 6 rings (SSSR count). The topological polar surface area (TPSA) is 354 Å². The largest absolute Gasteiger partial charge is 0.460 e. The van der Waals surface area contributed by atoms with E-state index in [0.29, 0.717) is 57.8 Å². The SMILES string of the molecule is CO[C@H]1C[C@@H]2CC[C@@H](C)[C@@](O)(O2)C(=O)C(=O)N2CCCCC2C(=O)O[C@H]([C@H](C)CC2CC[C@@H](O)[C@H](OC)C2)CC(=O)[C@H](C)/C=C(\C)[C@@H](OC[C@]2(O)O[C@@H](CO[C@@H]3O[C@@H](CO)[C@H](O)[C@@H](O)[C@@H]3O)[C@H](O)[C@H]2O)[C@@H](OC)C(=O)[C@H](C)C[C@H](C)/C=C/C=C/C=C/1C. The second kappa shape index (κ2) is 32.5. The van der Waals surface area contributed by atoms with Crippen molar-refractivity contribution >= 4 is 29.2 Å². The minimum atomic E-state index is -2.68. The van der Waals surface area contributed by atoms with E-state index in [1.807, 2.05) is 51.2 Å². The number of methoxy groups -OCH3 is 3. The number of piperidine rings is 1. The second-order valence-electron chi connectivity index (χ2n) is 25.3. The van der Waals surface area contributed by atoms with E-state index in [9.17, 15) is 69.9 Å². The number of Topliss-reactive ketones (excluding diaryl/α,β-unsaturated/α-hetero) is 3. The minimum Gasteiger partial charge on any atom is -0.460 e. The Bertz CT molecular complexity index is 2420. The van der Waals surface area contributed by atoms with Crippen LogP contribution in [0.1, 0.15) is 126 Å². The number of fused-ring (bicyclic) bond motifs is 3. The Balaban J connectivity index is 1.33. The van der Waals surface area contributed by atoms with Crippen LogP contribution in [0.5, 0.6) is 0 Å². The predicted octanol–water partition coefficient (Wildman–Crippen LogP) is 1.83. The van der Waals surface area contributed by atoms with E-state index >= 15 is 0 Å². The van der Waals surface area contributed by atoms with Crippen molar-refractivity contribution in [2.45, 2.75) is 235 Å². The van der Waals surface area contributed by atoms with Crippen LogP contribution in [0.25, 0.3) is 0 Å². The highest BCUT2D eigenvalue weighted by Gasteiger charge is 2.56. The van der Waals surface area contributed by atoms with E-state index < -0.39 is 182 Å². The molecule has 0 aromatic carbocycles. The van der Waals surface area contributed by atoms with Crippen molar-refractivity contribution in [3.8, 4) is 0 Å². The number of rotatable bonds is 13. The Kier molecular flexibility index (Phi) is 27.0. The van der Waals surface area contributed by atoms with E-state index in [-0.39, 0.29) is 43.2 Å². The molecule has 5 aliphatic heterocycles. The Labute approximate surface area is 510 Å². The highest BCUT2D eigenvalue weighted by molar-refractivity contribution is 6.39. The summed E-state index contributed by atoms with van der Waals surface area (Å²) in [5, 5.41) is 97.7. The second-order valence-corrected chi connectivity index (χ2v) is 25.3. The summed E-state index contributed by atoms with van der Waals surface area (Å²) in [6.45, 7) is 9.91. The number of allylic oxidation sites excluding steroid dienone is 6. The lowest BCUT2D eigenvalue weighted by Gasteiger charge is -2.42. The van der Waals surface area contributed by atoms with E-state index in [4.69, 9.17) is 42.6 Å². The fourth-order valence-electron chi connectivity index (χ4n) is 13.0. The maximum absolute atomic E-state index is 14.8. The first-order valence-electron chi connectivity index (χ1n) is 30.9. The zero-order chi connectivity index (χ0) is 64.2. The Morgan fingerprint density at radius 2 is 1.47 bits per heavy atom. The van der Waals surface area contributed by atoms with Crippen molar-refractivity contribution in [3.63, 3.8) is 0 Å². The number of amides is 1. The molecule has 24 atom stereocenters. The van der Waals surface area contributed by atoms with Crippen LogP contribution in [0.15, 0.2) is 47.6 Å². The number of cyclic esters (lactones) is 1. The standard InChI is InChI=1S/C63H99NO23/c1-33-16-12-11-13-17-34(2)45(79-8)28-41-21-19-39(7)63(78,86-41)58(74)59(75)64-23-15-14-18-42(64)60(76)84-46(36(4)26-40-20-22-43(66)47(27-40)80-9)29-44(67)35(3)25-38(6)55(56(81-10)50(68)37(5)24-33)83-32-62(77)57(73)52(70)49(87-62)31-82-61-54(72)53(71)51(69)48(30-65)85-61/h11-13,16-17,25,33,35-37,39-43,45-49,51-57,61,65-66,69-73,77-78H,14-15,18-24,26-32H2,1-10H3/b13-11+,16-12+,34-17+,38-25+/t33-,35-,36-,37-,39-,40?,41+,42?,43-,45+,46+,47-,48+,49+,51+,52+,53-,54+,55-,56+,57-,61-,62+,63-/m1/s1. The fraction of sp³-hybridized carbons (Fsp3) is 0.794. The van der Waals surface area contributed by atoms with Crippen LogP contribution < -0.4 is 0 Å². The zero-order valence-corrected chi connectivity index (χ0v) is 52.2. The van der Waals surface area contributed by atoms with Gasteiger partial charge in [-0.2, -0.15) is 0 Å². The predicted molar refractivity (Wildman–Crippen MR) is 310 cm³/mol. The molecule has 4 saturated heterocycles. The molecule has 6 aliphatic rings. The van der Waals surface area contributed by atoms with Crippen LogP contribution >= 0.6 is 0 Å². The van der Waals surface area contributed by atoms with E-state index in [1.165, 1.54) is 21.3 Å². The molecule has 2 unspecified atom stereocenters. The third-order valence-corrected chi connectivity index (χ3v) is 18.7. The smallest absolute Gasteiger partial charge is 0.329 e. The van der Waals surface area contributed by atoms with Gasteiger partial charge in [0.25, 0.3) is 11.7 Å². The van der Waals surface area contributed by atoms with E-state index in [2.05, 4.69) is 0 Å². The third kappa shape index (κ3) is 17.8. The monoisotopic (exact) mass is 1240 g/mol. The summed E-state index contributed by atoms with van der Waals surface area (Å²) in [6.07, 6.45) is -4.73. The molecule has 2 bridgehead atoms. The van der Waals surface area contributed by atoms with E-state index in [1.54, 1.807) is 33.8 Å². The molecule has 1 amide bonds. The van der Waals surface area contributed by atoms with Crippen molar-refractivity contribution in [2.75, 3.05) is 47.7 Å². The van der Waals surface area contributed by atoms with E-state index in [0.717, 1.165) is 10.5 Å². The molecular weight excluding hydrogens is 1140 g/mol. The van der Waals surface area contributed by atoms with Gasteiger partial charge in [0.05, 0.1) is 37.6 Å². The van der Waals surface area contributed by atoms with Crippen molar-refractivity contribution < 1.29 is 113 Å². The van der Waals surface area contributed by atoms with Crippen LogP contribution in [-0.4, -0.2) is 237 Å². The van der Waals surface area contributed by atoms with Gasteiger partial charge in [0, 0.05) is 58.5 Å². The number of carbonyl (C=O) groups excluding carboxylic acids is 5. The molecule has 24 nitrogen and oxygen atoms in total. The molecule has 0 aromatic rings. The maximum Gasteiger partial charge on any atom is 0.329 e. The van der Waals surface area contributed by atoms with Crippen LogP contribution in [0.2, 0.25) is 0 Å². The summed E-state index contributed by atoms with van der Waals surface area (Å²) >= 11 is 0. The third-order valence-electron chi connectivity index (χ3n) is 18.7. The molecule has 87 heavy (non-hydrogen) atoms. The number of esters is 1. The number of hydrogen-bond acceptors (Lipinski definition) is 23. The van der Waals surface area contributed by atoms with Crippen molar-refractivity contribution in [1.29, 1.82) is 0 Å². The molecule has 24 heteroatoms. The lowest BCUT2D eigenvalue weighted by molar-refractivity contribution is -0.311. The average Bonchev–Trinajstić information content (AvgIpc) is 1.81. The fourth-order valence-corrected chi connectivity index (χ4v) is 13.0. The van der Waals surface area contributed by atoms with Gasteiger partial charge in [-0.3, -0.25) is 19.2 Å². The number of nitrogens with zero attached hydrogens (tertiary/aromatic N) is 1. The maximum atomic E-state index is 14.8. The number of carbonyl (C=O) groups is 5. The van der Waals surface area contributed by atoms with Gasteiger partial charge in [-0.1, -0.05) is 71.1 Å². The van der Waals surface area contributed by atoms with Crippen molar-refractivity contribution in [2.24, 2.45) is 35.5 Å². The Morgan fingerprint density at radius 3 is 2.15 bits per heavy atom. The highest BCUT2D eigenvalue weighted by atomic mass is 16.7. The summed E-state index contributed by atoms with van der Waals surface area (Å²) in [5.41, 5.74) is 1.08. The van der Waals surface area contributed by atoms with Crippen LogP contribution in [-0.2, 0) is 66.6 Å². The molecule has 0 radical (unpaired) electrons. The summed E-state index contributed by atoms with van der Waals surface area (Å²) < 4.78 is 53.0.